The lowest BCUT2D eigenvalue weighted by molar-refractivity contribution is 0.0991. The molecule has 1 heterocycles. The predicted octanol–water partition coefficient (Wildman–Crippen LogP) is 1.38. The summed E-state index contributed by atoms with van der Waals surface area (Å²) in [5, 5.41) is 7.52. The number of carbonyl (C=O) groups excluding carboxylic acids is 1. The molecule has 0 N–H and O–H groups in total. The number of rotatable bonds is 3. The molecule has 2 rings (SSSR count). The third kappa shape index (κ3) is 2.31. The van der Waals surface area contributed by atoms with E-state index >= 15 is 0 Å². The van der Waals surface area contributed by atoms with Gasteiger partial charge in [0.25, 0.3) is 0 Å². The van der Waals surface area contributed by atoms with Gasteiger partial charge >= 0.3 is 0 Å². The lowest BCUT2D eigenvalue weighted by atomic mass is 10.1. The monoisotopic (exact) mass is 219 g/mol. The second kappa shape index (κ2) is 4.22. The van der Waals surface area contributed by atoms with Gasteiger partial charge in [0.05, 0.1) is 12.1 Å². The van der Waals surface area contributed by atoms with Crippen LogP contribution in [0.25, 0.3) is 0 Å². The van der Waals surface area contributed by atoms with E-state index in [1.54, 1.807) is 19.3 Å². The molecule has 4 nitrogen and oxygen atoms in total. The number of nitrogens with zero attached hydrogens (tertiary/aromatic N) is 3. The minimum Gasteiger partial charge on any atom is -0.294 e. The molecule has 16 heavy (non-hydrogen) atoms. The highest BCUT2D eigenvalue weighted by atomic mass is 19.1. The molecule has 0 saturated heterocycles. The molecule has 0 aliphatic rings. The Morgan fingerprint density at radius 3 is 2.94 bits per heavy atom. The highest BCUT2D eigenvalue weighted by Crippen LogP contribution is 2.07. The second-order valence-corrected chi connectivity index (χ2v) is 3.49. The molecular weight excluding hydrogens is 209 g/mol. The number of aromatic nitrogens is 3. The first kappa shape index (κ1) is 10.5. The molecule has 0 aliphatic carbocycles. The summed E-state index contributed by atoms with van der Waals surface area (Å²) in [4.78, 5) is 11.7. The molecule has 82 valence electrons. The summed E-state index contributed by atoms with van der Waals surface area (Å²) in [5.74, 6) is -0.579. The number of Topliss-reactive ketones (excluding diaryl/α,β-unsaturated/α-hetero) is 1. The smallest absolute Gasteiger partial charge is 0.169 e. The SMILES string of the molecule is Cn1cc(CC(=O)c2cccc(F)c2)nn1. The molecule has 1 aromatic carbocycles. The Hall–Kier alpha value is -2.04. The fourth-order valence-electron chi connectivity index (χ4n) is 1.40. The average Bonchev–Trinajstić information content (AvgIpc) is 2.64. The number of aryl methyl sites for hydroxylation is 1. The van der Waals surface area contributed by atoms with Gasteiger partial charge in [-0.1, -0.05) is 17.3 Å². The van der Waals surface area contributed by atoms with Crippen molar-refractivity contribution < 1.29 is 9.18 Å². The average molecular weight is 219 g/mol. The summed E-state index contributed by atoms with van der Waals surface area (Å²) in [6.07, 6.45) is 1.80. The van der Waals surface area contributed by atoms with Gasteiger partial charge in [0.2, 0.25) is 0 Å². The first-order valence-corrected chi connectivity index (χ1v) is 4.79. The van der Waals surface area contributed by atoms with Crippen molar-refractivity contribution in [2.75, 3.05) is 0 Å². The van der Waals surface area contributed by atoms with Gasteiger partial charge in [0.1, 0.15) is 5.82 Å². The van der Waals surface area contributed by atoms with E-state index in [0.29, 0.717) is 11.3 Å². The van der Waals surface area contributed by atoms with Crippen LogP contribution in [0.2, 0.25) is 0 Å². The molecule has 0 saturated carbocycles. The van der Waals surface area contributed by atoms with Crippen LogP contribution >= 0.6 is 0 Å². The van der Waals surface area contributed by atoms with Crippen LogP contribution < -0.4 is 0 Å². The van der Waals surface area contributed by atoms with Crippen LogP contribution in [0.3, 0.4) is 0 Å². The maximum Gasteiger partial charge on any atom is 0.169 e. The van der Waals surface area contributed by atoms with Crippen molar-refractivity contribution in [3.63, 3.8) is 0 Å². The van der Waals surface area contributed by atoms with Crippen LogP contribution in [-0.4, -0.2) is 20.8 Å². The summed E-state index contributed by atoms with van der Waals surface area (Å²) in [6, 6.07) is 5.62. The van der Waals surface area contributed by atoms with Crippen LogP contribution in [0, 0.1) is 5.82 Å². The fourth-order valence-corrected chi connectivity index (χ4v) is 1.40. The van der Waals surface area contributed by atoms with Gasteiger partial charge in [-0.2, -0.15) is 0 Å². The lowest BCUT2D eigenvalue weighted by Gasteiger charge is -1.98. The predicted molar refractivity (Wildman–Crippen MR) is 55.4 cm³/mol. The van der Waals surface area contributed by atoms with Crippen molar-refractivity contribution in [1.82, 2.24) is 15.0 Å². The van der Waals surface area contributed by atoms with E-state index in [2.05, 4.69) is 10.3 Å². The standard InChI is InChI=1S/C11H10FN3O/c1-15-7-10(13-14-15)6-11(16)8-3-2-4-9(12)5-8/h2-5,7H,6H2,1H3. The fraction of sp³-hybridized carbons (Fsp3) is 0.182. The van der Waals surface area contributed by atoms with Crippen LogP contribution in [0.15, 0.2) is 30.5 Å². The van der Waals surface area contributed by atoms with Crippen molar-refractivity contribution in [3.8, 4) is 0 Å². The van der Waals surface area contributed by atoms with Crippen molar-refractivity contribution in [2.24, 2.45) is 7.05 Å². The van der Waals surface area contributed by atoms with E-state index in [9.17, 15) is 9.18 Å². The molecule has 0 amide bonds. The van der Waals surface area contributed by atoms with Crippen molar-refractivity contribution >= 4 is 5.78 Å². The number of hydrogen-bond donors (Lipinski definition) is 0. The normalized spacial score (nSPS) is 10.4. The minimum atomic E-state index is -0.412. The number of halogens is 1. The number of benzene rings is 1. The molecule has 0 unspecified atom stereocenters. The Labute approximate surface area is 91.7 Å². The first-order chi connectivity index (χ1) is 7.65. The van der Waals surface area contributed by atoms with E-state index in [1.807, 2.05) is 0 Å². The summed E-state index contributed by atoms with van der Waals surface area (Å²) in [7, 11) is 1.73. The van der Waals surface area contributed by atoms with Gasteiger partial charge in [-0.25, -0.2) is 4.39 Å². The summed E-state index contributed by atoms with van der Waals surface area (Å²) in [5.41, 5.74) is 0.933. The highest BCUT2D eigenvalue weighted by molar-refractivity contribution is 5.97. The Morgan fingerprint density at radius 1 is 1.50 bits per heavy atom. The van der Waals surface area contributed by atoms with E-state index in [1.165, 1.54) is 22.9 Å². The van der Waals surface area contributed by atoms with Gasteiger partial charge in [-0.3, -0.25) is 9.48 Å². The third-order valence-corrected chi connectivity index (χ3v) is 2.14. The Balaban J connectivity index is 2.14. The zero-order valence-electron chi connectivity index (χ0n) is 8.72. The molecule has 0 spiro atoms. The van der Waals surface area contributed by atoms with Crippen LogP contribution in [-0.2, 0) is 13.5 Å². The van der Waals surface area contributed by atoms with E-state index in [0.717, 1.165) is 0 Å². The van der Waals surface area contributed by atoms with Crippen molar-refractivity contribution in [1.29, 1.82) is 0 Å². The van der Waals surface area contributed by atoms with E-state index < -0.39 is 5.82 Å². The largest absolute Gasteiger partial charge is 0.294 e. The van der Waals surface area contributed by atoms with Crippen LogP contribution in [0.5, 0.6) is 0 Å². The number of hydrogen-bond acceptors (Lipinski definition) is 3. The lowest BCUT2D eigenvalue weighted by Crippen LogP contribution is -2.04. The van der Waals surface area contributed by atoms with Gasteiger partial charge in [0, 0.05) is 18.8 Å². The van der Waals surface area contributed by atoms with E-state index in [4.69, 9.17) is 0 Å². The summed E-state index contributed by atoms with van der Waals surface area (Å²) < 4.78 is 14.4. The molecule has 0 fully saturated rings. The third-order valence-electron chi connectivity index (χ3n) is 2.14. The molecule has 0 radical (unpaired) electrons. The highest BCUT2D eigenvalue weighted by Gasteiger charge is 2.09. The molecule has 0 bridgehead atoms. The maximum absolute atomic E-state index is 12.9. The Bertz CT molecular complexity index is 521. The topological polar surface area (TPSA) is 47.8 Å². The van der Waals surface area contributed by atoms with E-state index in [-0.39, 0.29) is 12.2 Å². The molecular formula is C11H10FN3O. The summed E-state index contributed by atoms with van der Waals surface area (Å²) >= 11 is 0. The van der Waals surface area contributed by atoms with Gasteiger partial charge in [-0.05, 0) is 12.1 Å². The van der Waals surface area contributed by atoms with Crippen molar-refractivity contribution in [2.45, 2.75) is 6.42 Å². The molecule has 1 aromatic heterocycles. The Kier molecular flexibility index (Phi) is 2.76. The van der Waals surface area contributed by atoms with Crippen LogP contribution in [0.1, 0.15) is 16.1 Å². The quantitative estimate of drug-likeness (QED) is 0.733. The molecule has 0 atom stereocenters. The zero-order valence-corrected chi connectivity index (χ0v) is 8.72. The Morgan fingerprint density at radius 2 is 2.31 bits per heavy atom. The number of ketones is 1. The van der Waals surface area contributed by atoms with Gasteiger partial charge in [0.15, 0.2) is 5.78 Å². The van der Waals surface area contributed by atoms with Gasteiger partial charge < -0.3 is 0 Å². The van der Waals surface area contributed by atoms with Crippen molar-refractivity contribution in [3.05, 3.63) is 47.5 Å². The van der Waals surface area contributed by atoms with Crippen LogP contribution in [0.4, 0.5) is 4.39 Å². The second-order valence-electron chi connectivity index (χ2n) is 3.49. The zero-order chi connectivity index (χ0) is 11.5. The maximum atomic E-state index is 12.9. The molecule has 0 aliphatic heterocycles. The molecule has 5 heteroatoms. The van der Waals surface area contributed by atoms with Gasteiger partial charge in [-0.15, -0.1) is 5.10 Å². The molecule has 2 aromatic rings. The number of carbonyl (C=O) groups is 1. The first-order valence-electron chi connectivity index (χ1n) is 4.79. The summed E-state index contributed by atoms with van der Waals surface area (Å²) in [6.45, 7) is 0. The minimum absolute atomic E-state index is 0.136.